The number of nitrogens with zero attached hydrogens (tertiary/aromatic N) is 2. The summed E-state index contributed by atoms with van der Waals surface area (Å²) in [6.45, 7) is 5.56. The van der Waals surface area contributed by atoms with Gasteiger partial charge in [-0.05, 0) is 49.2 Å². The van der Waals surface area contributed by atoms with Gasteiger partial charge in [0.25, 0.3) is 0 Å². The largest absolute Gasteiger partial charge is 0.497 e. The number of fused-ring (bicyclic) bond motifs is 1. The van der Waals surface area contributed by atoms with Crippen molar-refractivity contribution in [2.45, 2.75) is 20.4 Å². The third-order valence-corrected chi connectivity index (χ3v) is 4.04. The molecular formula is C18H21N3O. The SMILES string of the molecule is COc1cccc(-c2nc3cc(C)c(C)cc3n2CCN)c1. The zero-order valence-electron chi connectivity index (χ0n) is 13.3. The van der Waals surface area contributed by atoms with Crippen LogP contribution in [-0.4, -0.2) is 23.2 Å². The number of aryl methyl sites for hydroxylation is 2. The molecule has 0 spiro atoms. The first kappa shape index (κ1) is 14.6. The number of methoxy groups -OCH3 is 1. The first-order valence-electron chi connectivity index (χ1n) is 7.46. The van der Waals surface area contributed by atoms with Crippen LogP contribution in [0.4, 0.5) is 0 Å². The predicted molar refractivity (Wildman–Crippen MR) is 90.2 cm³/mol. The molecule has 0 aliphatic rings. The molecule has 0 fully saturated rings. The molecule has 0 unspecified atom stereocenters. The summed E-state index contributed by atoms with van der Waals surface area (Å²) in [6.07, 6.45) is 0. The van der Waals surface area contributed by atoms with Gasteiger partial charge in [0.1, 0.15) is 11.6 Å². The lowest BCUT2D eigenvalue weighted by Gasteiger charge is -2.09. The number of hydrogen-bond donors (Lipinski definition) is 1. The van der Waals surface area contributed by atoms with Gasteiger partial charge in [0.05, 0.1) is 18.1 Å². The van der Waals surface area contributed by atoms with Crippen molar-refractivity contribution in [2.75, 3.05) is 13.7 Å². The monoisotopic (exact) mass is 295 g/mol. The molecule has 0 bridgehead atoms. The van der Waals surface area contributed by atoms with Crippen LogP contribution in [0.3, 0.4) is 0 Å². The fourth-order valence-electron chi connectivity index (χ4n) is 2.72. The predicted octanol–water partition coefficient (Wildman–Crippen LogP) is 3.29. The van der Waals surface area contributed by atoms with Crippen molar-refractivity contribution >= 4 is 11.0 Å². The summed E-state index contributed by atoms with van der Waals surface area (Å²) in [7, 11) is 1.68. The van der Waals surface area contributed by atoms with Gasteiger partial charge >= 0.3 is 0 Å². The van der Waals surface area contributed by atoms with E-state index < -0.39 is 0 Å². The summed E-state index contributed by atoms with van der Waals surface area (Å²) >= 11 is 0. The van der Waals surface area contributed by atoms with Gasteiger partial charge in [-0.1, -0.05) is 12.1 Å². The van der Waals surface area contributed by atoms with Crippen LogP contribution in [0.25, 0.3) is 22.4 Å². The number of rotatable bonds is 4. The van der Waals surface area contributed by atoms with Crippen LogP contribution in [0.2, 0.25) is 0 Å². The molecule has 0 saturated heterocycles. The van der Waals surface area contributed by atoms with Gasteiger partial charge in [-0.2, -0.15) is 0 Å². The highest BCUT2D eigenvalue weighted by Gasteiger charge is 2.13. The Labute approximate surface area is 130 Å². The second-order valence-electron chi connectivity index (χ2n) is 5.53. The van der Waals surface area contributed by atoms with Gasteiger partial charge in [-0.15, -0.1) is 0 Å². The van der Waals surface area contributed by atoms with E-state index in [1.165, 1.54) is 11.1 Å². The molecule has 1 aromatic heterocycles. The van der Waals surface area contributed by atoms with E-state index in [2.05, 4.69) is 36.6 Å². The smallest absolute Gasteiger partial charge is 0.141 e. The lowest BCUT2D eigenvalue weighted by molar-refractivity contribution is 0.415. The van der Waals surface area contributed by atoms with Crippen LogP contribution in [0, 0.1) is 13.8 Å². The fraction of sp³-hybridized carbons (Fsp3) is 0.278. The van der Waals surface area contributed by atoms with E-state index in [0.29, 0.717) is 6.54 Å². The summed E-state index contributed by atoms with van der Waals surface area (Å²) < 4.78 is 7.52. The van der Waals surface area contributed by atoms with Crippen molar-refractivity contribution in [3.05, 3.63) is 47.5 Å². The van der Waals surface area contributed by atoms with Gasteiger partial charge < -0.3 is 15.0 Å². The number of benzene rings is 2. The van der Waals surface area contributed by atoms with Crippen LogP contribution < -0.4 is 10.5 Å². The Kier molecular flexibility index (Phi) is 3.86. The molecular weight excluding hydrogens is 274 g/mol. The number of hydrogen-bond acceptors (Lipinski definition) is 3. The van der Waals surface area contributed by atoms with E-state index in [0.717, 1.165) is 34.7 Å². The summed E-state index contributed by atoms with van der Waals surface area (Å²) in [6, 6.07) is 12.3. The number of nitrogens with two attached hydrogens (primary N) is 1. The third kappa shape index (κ3) is 2.46. The molecule has 0 aliphatic carbocycles. The summed E-state index contributed by atoms with van der Waals surface area (Å²) in [5.74, 6) is 1.76. The Bertz CT molecular complexity index is 821. The first-order valence-corrected chi connectivity index (χ1v) is 7.46. The van der Waals surface area contributed by atoms with Gasteiger partial charge in [0.2, 0.25) is 0 Å². The Morgan fingerprint density at radius 3 is 2.64 bits per heavy atom. The zero-order chi connectivity index (χ0) is 15.7. The number of ether oxygens (including phenoxy) is 1. The maximum atomic E-state index is 5.81. The normalized spacial score (nSPS) is 11.1. The molecule has 3 rings (SSSR count). The second kappa shape index (κ2) is 5.81. The van der Waals surface area contributed by atoms with Crippen molar-refractivity contribution in [3.63, 3.8) is 0 Å². The van der Waals surface area contributed by atoms with Crippen molar-refractivity contribution in [3.8, 4) is 17.1 Å². The maximum Gasteiger partial charge on any atom is 0.141 e. The van der Waals surface area contributed by atoms with E-state index in [1.807, 2.05) is 18.2 Å². The first-order chi connectivity index (χ1) is 10.6. The minimum absolute atomic E-state index is 0.579. The number of imidazole rings is 1. The van der Waals surface area contributed by atoms with Crippen molar-refractivity contribution in [1.82, 2.24) is 9.55 Å². The number of aromatic nitrogens is 2. The van der Waals surface area contributed by atoms with E-state index >= 15 is 0 Å². The highest BCUT2D eigenvalue weighted by molar-refractivity contribution is 5.82. The maximum absolute atomic E-state index is 5.81. The lowest BCUT2D eigenvalue weighted by atomic mass is 10.1. The summed E-state index contributed by atoms with van der Waals surface area (Å²) in [5.41, 5.74) is 11.5. The molecule has 114 valence electrons. The molecule has 4 nitrogen and oxygen atoms in total. The van der Waals surface area contributed by atoms with Gasteiger partial charge in [-0.25, -0.2) is 4.98 Å². The van der Waals surface area contributed by atoms with Gasteiger partial charge in [-0.3, -0.25) is 0 Å². The molecule has 0 saturated carbocycles. The molecule has 0 radical (unpaired) electrons. The molecule has 2 aromatic carbocycles. The highest BCUT2D eigenvalue weighted by Crippen LogP contribution is 2.28. The third-order valence-electron chi connectivity index (χ3n) is 4.04. The molecule has 4 heteroatoms. The molecule has 22 heavy (non-hydrogen) atoms. The van der Waals surface area contributed by atoms with Gasteiger partial charge in [0, 0.05) is 18.7 Å². The average molecular weight is 295 g/mol. The van der Waals surface area contributed by atoms with Crippen LogP contribution >= 0.6 is 0 Å². The minimum atomic E-state index is 0.579. The molecule has 2 N–H and O–H groups in total. The van der Waals surface area contributed by atoms with E-state index in [4.69, 9.17) is 15.5 Å². The fourth-order valence-corrected chi connectivity index (χ4v) is 2.72. The molecule has 0 atom stereocenters. The van der Waals surface area contributed by atoms with Crippen LogP contribution in [0.5, 0.6) is 5.75 Å². The Hall–Kier alpha value is -2.33. The Morgan fingerprint density at radius 2 is 1.91 bits per heavy atom. The molecule has 0 amide bonds. The summed E-state index contributed by atoms with van der Waals surface area (Å²) in [5, 5.41) is 0. The lowest BCUT2D eigenvalue weighted by Crippen LogP contribution is -2.11. The quantitative estimate of drug-likeness (QED) is 0.803. The van der Waals surface area contributed by atoms with Crippen molar-refractivity contribution in [2.24, 2.45) is 5.73 Å². The Morgan fingerprint density at radius 1 is 1.14 bits per heavy atom. The Balaban J connectivity index is 2.25. The zero-order valence-corrected chi connectivity index (χ0v) is 13.3. The molecule has 1 heterocycles. The van der Waals surface area contributed by atoms with E-state index in [9.17, 15) is 0 Å². The highest BCUT2D eigenvalue weighted by atomic mass is 16.5. The van der Waals surface area contributed by atoms with Crippen molar-refractivity contribution in [1.29, 1.82) is 0 Å². The van der Waals surface area contributed by atoms with E-state index in [1.54, 1.807) is 7.11 Å². The van der Waals surface area contributed by atoms with E-state index in [-0.39, 0.29) is 0 Å². The topological polar surface area (TPSA) is 53.1 Å². The standard InChI is InChI=1S/C18H21N3O/c1-12-9-16-17(10-13(12)2)21(8-7-19)18(20-16)14-5-4-6-15(11-14)22-3/h4-6,9-11H,7-8,19H2,1-3H3. The van der Waals surface area contributed by atoms with Crippen molar-refractivity contribution < 1.29 is 4.74 Å². The molecule has 0 aliphatic heterocycles. The van der Waals surface area contributed by atoms with Crippen LogP contribution in [0.15, 0.2) is 36.4 Å². The second-order valence-corrected chi connectivity index (χ2v) is 5.53. The average Bonchev–Trinajstić information content (AvgIpc) is 2.86. The van der Waals surface area contributed by atoms with Crippen LogP contribution in [0.1, 0.15) is 11.1 Å². The van der Waals surface area contributed by atoms with Crippen LogP contribution in [-0.2, 0) is 6.54 Å². The molecule has 3 aromatic rings. The van der Waals surface area contributed by atoms with Gasteiger partial charge in [0.15, 0.2) is 0 Å². The minimum Gasteiger partial charge on any atom is -0.497 e. The summed E-state index contributed by atoms with van der Waals surface area (Å²) in [4.78, 5) is 4.83.